The van der Waals surface area contributed by atoms with E-state index in [1.165, 1.54) is 45.4 Å². The molecular weight excluding hydrogens is 266 g/mol. The van der Waals surface area contributed by atoms with Gasteiger partial charge in [0.2, 0.25) is 5.91 Å². The van der Waals surface area contributed by atoms with Gasteiger partial charge in [-0.2, -0.15) is 0 Å². The van der Waals surface area contributed by atoms with Crippen molar-refractivity contribution in [1.82, 2.24) is 4.90 Å². The number of unbranched alkanes of at least 4 members (excludes halogenated alkanes) is 6. The van der Waals surface area contributed by atoms with Gasteiger partial charge in [0.05, 0.1) is 0 Å². The highest BCUT2D eigenvalue weighted by atomic mass is 16.6. The topological polar surface area (TPSA) is 46.6 Å². The highest BCUT2D eigenvalue weighted by Crippen LogP contribution is 2.27. The number of cyclic esters (lactones) is 1. The Balaban J connectivity index is 2.29. The van der Waals surface area contributed by atoms with E-state index >= 15 is 0 Å². The molecule has 1 amide bonds. The van der Waals surface area contributed by atoms with Crippen LogP contribution >= 0.6 is 0 Å². The average Bonchev–Trinajstić information content (AvgIpc) is 2.74. The van der Waals surface area contributed by atoms with E-state index in [9.17, 15) is 9.59 Å². The maximum atomic E-state index is 11.7. The molecule has 0 aromatic heterocycles. The molecule has 122 valence electrons. The number of rotatable bonds is 9. The van der Waals surface area contributed by atoms with Crippen LogP contribution in [0.5, 0.6) is 0 Å². The summed E-state index contributed by atoms with van der Waals surface area (Å²) >= 11 is 0. The molecule has 0 radical (unpaired) electrons. The first kappa shape index (κ1) is 18.0. The van der Waals surface area contributed by atoms with Crippen LogP contribution in [0.1, 0.15) is 79.1 Å². The van der Waals surface area contributed by atoms with Crippen LogP contribution in [0.4, 0.5) is 0 Å². The normalized spacial score (nSPS) is 23.2. The van der Waals surface area contributed by atoms with E-state index in [1.54, 1.807) is 11.8 Å². The molecule has 1 rings (SSSR count). The van der Waals surface area contributed by atoms with E-state index in [1.807, 2.05) is 0 Å². The van der Waals surface area contributed by atoms with Crippen LogP contribution < -0.4 is 0 Å². The highest BCUT2D eigenvalue weighted by Gasteiger charge is 2.43. The number of nitrogens with zero attached hydrogens (tertiary/aromatic N) is 1. The number of hydrogen-bond donors (Lipinski definition) is 0. The van der Waals surface area contributed by atoms with E-state index in [0.29, 0.717) is 0 Å². The first-order chi connectivity index (χ1) is 9.99. The minimum atomic E-state index is -0.441. The molecule has 3 unspecified atom stereocenters. The molecular formula is C17H31NO3. The fourth-order valence-electron chi connectivity index (χ4n) is 3.02. The molecule has 4 heteroatoms. The summed E-state index contributed by atoms with van der Waals surface area (Å²) in [5, 5.41) is 0. The van der Waals surface area contributed by atoms with Crippen molar-refractivity contribution in [2.75, 3.05) is 0 Å². The van der Waals surface area contributed by atoms with Crippen LogP contribution in [-0.2, 0) is 14.3 Å². The van der Waals surface area contributed by atoms with E-state index in [-0.39, 0.29) is 24.0 Å². The van der Waals surface area contributed by atoms with Crippen molar-refractivity contribution in [2.45, 2.75) is 91.3 Å². The molecule has 0 aromatic rings. The van der Waals surface area contributed by atoms with Crippen molar-refractivity contribution in [1.29, 1.82) is 0 Å². The van der Waals surface area contributed by atoms with Gasteiger partial charge < -0.3 is 4.74 Å². The largest absolute Gasteiger partial charge is 0.440 e. The summed E-state index contributed by atoms with van der Waals surface area (Å²) in [6.45, 7) is 7.55. The molecule has 0 aromatic carbocycles. The fourth-order valence-corrected chi connectivity index (χ4v) is 3.02. The van der Waals surface area contributed by atoms with Crippen molar-refractivity contribution >= 4 is 11.9 Å². The van der Waals surface area contributed by atoms with Crippen LogP contribution in [0.2, 0.25) is 0 Å². The van der Waals surface area contributed by atoms with Crippen molar-refractivity contribution in [3.63, 3.8) is 0 Å². The van der Waals surface area contributed by atoms with E-state index < -0.39 is 6.04 Å². The maximum Gasteiger partial charge on any atom is 0.330 e. The maximum absolute atomic E-state index is 11.7. The third-order valence-electron chi connectivity index (χ3n) is 4.38. The quantitative estimate of drug-likeness (QED) is 0.479. The Morgan fingerprint density at radius 2 is 1.76 bits per heavy atom. The molecule has 0 N–H and O–H groups in total. The predicted molar refractivity (Wildman–Crippen MR) is 83.6 cm³/mol. The van der Waals surface area contributed by atoms with Gasteiger partial charge in [-0.15, -0.1) is 0 Å². The molecule has 3 atom stereocenters. The van der Waals surface area contributed by atoms with E-state index in [2.05, 4.69) is 13.8 Å². The fraction of sp³-hybridized carbons (Fsp3) is 0.882. The van der Waals surface area contributed by atoms with Crippen LogP contribution in [0.15, 0.2) is 0 Å². The molecule has 1 heterocycles. The van der Waals surface area contributed by atoms with Crippen molar-refractivity contribution in [2.24, 2.45) is 5.92 Å². The molecule has 1 aliphatic rings. The predicted octanol–water partition coefficient (Wildman–Crippen LogP) is 3.88. The zero-order valence-corrected chi connectivity index (χ0v) is 14.1. The van der Waals surface area contributed by atoms with Crippen molar-refractivity contribution < 1.29 is 14.3 Å². The second-order valence-corrected chi connectivity index (χ2v) is 6.32. The molecule has 21 heavy (non-hydrogen) atoms. The molecule has 0 bridgehead atoms. The van der Waals surface area contributed by atoms with Gasteiger partial charge in [0.25, 0.3) is 0 Å². The zero-order valence-electron chi connectivity index (χ0n) is 14.1. The monoisotopic (exact) mass is 297 g/mol. The Kier molecular flexibility index (Phi) is 7.76. The summed E-state index contributed by atoms with van der Waals surface area (Å²) in [5.74, 6) is -0.148. The minimum absolute atomic E-state index is 0.0789. The Hall–Kier alpha value is -1.06. The van der Waals surface area contributed by atoms with Crippen LogP contribution in [-0.4, -0.2) is 29.0 Å². The summed E-state index contributed by atoms with van der Waals surface area (Å²) < 4.78 is 5.39. The van der Waals surface area contributed by atoms with Gasteiger partial charge in [0.1, 0.15) is 6.04 Å². The first-order valence-corrected chi connectivity index (χ1v) is 8.48. The molecule has 4 nitrogen and oxygen atoms in total. The lowest BCUT2D eigenvalue weighted by Crippen LogP contribution is -2.42. The lowest BCUT2D eigenvalue weighted by Gasteiger charge is -2.27. The smallest absolute Gasteiger partial charge is 0.330 e. The molecule has 1 fully saturated rings. The van der Waals surface area contributed by atoms with Gasteiger partial charge in [-0.3, -0.25) is 9.69 Å². The summed E-state index contributed by atoms with van der Waals surface area (Å²) in [7, 11) is 0. The molecule has 0 saturated carbocycles. The van der Waals surface area contributed by atoms with Crippen LogP contribution in [0.25, 0.3) is 0 Å². The van der Waals surface area contributed by atoms with Crippen molar-refractivity contribution in [3.05, 3.63) is 0 Å². The second-order valence-electron chi connectivity index (χ2n) is 6.32. The summed E-state index contributed by atoms with van der Waals surface area (Å²) in [4.78, 5) is 24.9. The van der Waals surface area contributed by atoms with E-state index in [4.69, 9.17) is 4.74 Å². The number of hydrogen-bond acceptors (Lipinski definition) is 3. The Bertz CT molecular complexity index is 343. The Morgan fingerprint density at radius 1 is 1.19 bits per heavy atom. The third-order valence-corrected chi connectivity index (χ3v) is 4.38. The van der Waals surface area contributed by atoms with Gasteiger partial charge in [-0.25, -0.2) is 4.79 Å². The molecule has 0 spiro atoms. The van der Waals surface area contributed by atoms with Gasteiger partial charge in [-0.1, -0.05) is 58.8 Å². The van der Waals surface area contributed by atoms with Gasteiger partial charge in [-0.05, 0) is 13.3 Å². The van der Waals surface area contributed by atoms with Gasteiger partial charge in [0.15, 0.2) is 6.23 Å². The third kappa shape index (κ3) is 5.33. The van der Waals surface area contributed by atoms with Crippen LogP contribution in [0.3, 0.4) is 0 Å². The van der Waals surface area contributed by atoms with E-state index in [0.717, 1.165) is 12.8 Å². The molecule has 1 saturated heterocycles. The second kappa shape index (κ2) is 9.06. The van der Waals surface area contributed by atoms with Crippen LogP contribution in [0, 0.1) is 5.92 Å². The first-order valence-electron chi connectivity index (χ1n) is 8.48. The summed E-state index contributed by atoms with van der Waals surface area (Å²) in [6, 6.07) is -0.441. The molecule has 0 aliphatic carbocycles. The average molecular weight is 297 g/mol. The van der Waals surface area contributed by atoms with Gasteiger partial charge >= 0.3 is 5.97 Å². The number of ether oxygens (including phenoxy) is 1. The van der Waals surface area contributed by atoms with Gasteiger partial charge in [0, 0.05) is 12.8 Å². The number of carbonyl (C=O) groups excluding carboxylic acids is 2. The standard InChI is InChI=1S/C17H31NO3/c1-5-6-7-8-9-10-11-12-13(2)16-18(15(4)19)14(3)17(20)21-16/h13-14,16H,5-12H2,1-4H3. The SMILES string of the molecule is CCCCCCCCCC(C)C1OC(=O)C(C)N1C(C)=O. The Labute approximate surface area is 129 Å². The number of carbonyl (C=O) groups is 2. The highest BCUT2D eigenvalue weighted by molar-refractivity contribution is 5.85. The molecule has 1 aliphatic heterocycles. The summed E-state index contributed by atoms with van der Waals surface area (Å²) in [5.41, 5.74) is 0. The lowest BCUT2D eigenvalue weighted by atomic mass is 9.99. The Morgan fingerprint density at radius 3 is 2.33 bits per heavy atom. The summed E-state index contributed by atoms with van der Waals surface area (Å²) in [6.07, 6.45) is 9.55. The van der Waals surface area contributed by atoms with Crippen molar-refractivity contribution in [3.8, 4) is 0 Å². The lowest BCUT2D eigenvalue weighted by molar-refractivity contribution is -0.146. The minimum Gasteiger partial charge on any atom is -0.440 e. The number of amides is 1. The zero-order chi connectivity index (χ0) is 15.8. The number of esters is 1.